The molecule has 1 aromatic carbocycles. The van der Waals surface area contributed by atoms with Crippen molar-refractivity contribution in [2.75, 3.05) is 13.1 Å². The summed E-state index contributed by atoms with van der Waals surface area (Å²) in [5, 5.41) is 0.744. The minimum absolute atomic E-state index is 0.0800. The molecule has 104 valence electrons. The highest BCUT2D eigenvalue weighted by Crippen LogP contribution is 2.34. The van der Waals surface area contributed by atoms with E-state index >= 15 is 0 Å². The normalized spacial score (nSPS) is 17.2. The Morgan fingerprint density at radius 1 is 1.10 bits per heavy atom. The third-order valence-corrected chi connectivity index (χ3v) is 5.17. The van der Waals surface area contributed by atoms with Gasteiger partial charge in [-0.15, -0.1) is 11.3 Å². The molecule has 0 aliphatic carbocycles. The van der Waals surface area contributed by atoms with Crippen molar-refractivity contribution in [3.05, 3.63) is 46.3 Å². The number of carbonyl (C=O) groups excluding carboxylic acids is 1. The minimum atomic E-state index is -0.0800. The number of rotatable bonds is 4. The lowest BCUT2D eigenvalue weighted by Crippen LogP contribution is -2.25. The van der Waals surface area contributed by atoms with Gasteiger partial charge in [-0.1, -0.05) is 23.7 Å². The van der Waals surface area contributed by atoms with Crippen molar-refractivity contribution in [1.82, 2.24) is 4.90 Å². The molecular weight excluding hydrogens is 290 g/mol. The topological polar surface area (TPSA) is 20.3 Å². The Morgan fingerprint density at radius 3 is 2.45 bits per heavy atom. The van der Waals surface area contributed by atoms with Gasteiger partial charge in [-0.3, -0.25) is 4.90 Å². The molecule has 3 rings (SSSR count). The fourth-order valence-electron chi connectivity index (χ4n) is 2.63. The van der Waals surface area contributed by atoms with E-state index in [1.54, 1.807) is 11.3 Å². The van der Waals surface area contributed by atoms with E-state index in [0.29, 0.717) is 0 Å². The average Bonchev–Trinajstić information content (AvgIpc) is 3.12. The summed E-state index contributed by atoms with van der Waals surface area (Å²) in [4.78, 5) is 16.0. The number of thiophene rings is 1. The summed E-state index contributed by atoms with van der Waals surface area (Å²) in [6.07, 6.45) is 3.46. The highest BCUT2D eigenvalue weighted by atomic mass is 35.5. The van der Waals surface area contributed by atoms with Crippen molar-refractivity contribution >= 4 is 29.2 Å². The molecule has 20 heavy (non-hydrogen) atoms. The number of halogens is 1. The molecule has 0 bridgehead atoms. The summed E-state index contributed by atoms with van der Waals surface area (Å²) in [6, 6.07) is 11.9. The lowest BCUT2D eigenvalue weighted by molar-refractivity contribution is -0.112. The number of nitrogens with zero attached hydrogens (tertiary/aromatic N) is 1. The number of likely N-dealkylation sites (tertiary alicyclic amines) is 1. The van der Waals surface area contributed by atoms with Crippen LogP contribution < -0.4 is 0 Å². The summed E-state index contributed by atoms with van der Waals surface area (Å²) in [6.45, 7) is 2.05. The van der Waals surface area contributed by atoms with Gasteiger partial charge < -0.3 is 4.79 Å². The van der Waals surface area contributed by atoms with E-state index in [9.17, 15) is 4.79 Å². The Morgan fingerprint density at radius 2 is 1.80 bits per heavy atom. The molecule has 0 radical (unpaired) electrons. The number of aldehydes is 1. The zero-order valence-electron chi connectivity index (χ0n) is 11.1. The largest absolute Gasteiger partial charge is 0.301 e. The van der Waals surface area contributed by atoms with Crippen molar-refractivity contribution < 1.29 is 4.79 Å². The van der Waals surface area contributed by atoms with Crippen LogP contribution in [0.2, 0.25) is 5.02 Å². The molecule has 2 aromatic rings. The van der Waals surface area contributed by atoms with E-state index in [2.05, 4.69) is 17.0 Å². The van der Waals surface area contributed by atoms with Crippen molar-refractivity contribution in [3.8, 4) is 10.4 Å². The fraction of sp³-hybridized carbons (Fsp3) is 0.312. The Balaban J connectivity index is 1.85. The number of hydrogen-bond acceptors (Lipinski definition) is 3. The number of hydrogen-bond donors (Lipinski definition) is 0. The van der Waals surface area contributed by atoms with E-state index in [4.69, 9.17) is 11.6 Å². The summed E-state index contributed by atoms with van der Waals surface area (Å²) in [5.41, 5.74) is 1.15. The molecule has 4 heteroatoms. The van der Waals surface area contributed by atoms with Gasteiger partial charge >= 0.3 is 0 Å². The van der Waals surface area contributed by atoms with Crippen molar-refractivity contribution in [2.24, 2.45) is 0 Å². The van der Waals surface area contributed by atoms with Gasteiger partial charge in [0.2, 0.25) is 0 Å². The first-order valence-electron chi connectivity index (χ1n) is 6.83. The Bertz CT molecular complexity index is 587. The van der Waals surface area contributed by atoms with Crippen molar-refractivity contribution in [2.45, 2.75) is 18.9 Å². The molecule has 0 unspecified atom stereocenters. The van der Waals surface area contributed by atoms with Crippen LogP contribution in [0.5, 0.6) is 0 Å². The monoisotopic (exact) mass is 305 g/mol. The SMILES string of the molecule is O=C[C@@H](c1ccc(-c2ccc(Cl)cc2)s1)N1CCCC1. The first kappa shape index (κ1) is 13.8. The molecule has 1 aliphatic heterocycles. The first-order chi connectivity index (χ1) is 9.78. The molecule has 0 amide bonds. The van der Waals surface area contributed by atoms with Crippen LogP contribution >= 0.6 is 22.9 Å². The van der Waals surface area contributed by atoms with E-state index in [1.807, 2.05) is 24.3 Å². The average molecular weight is 306 g/mol. The van der Waals surface area contributed by atoms with Gasteiger partial charge in [0.1, 0.15) is 12.3 Å². The molecule has 0 N–H and O–H groups in total. The second-order valence-electron chi connectivity index (χ2n) is 5.03. The Hall–Kier alpha value is -1.16. The van der Waals surface area contributed by atoms with E-state index < -0.39 is 0 Å². The van der Waals surface area contributed by atoms with Gasteiger partial charge in [-0.05, 0) is 55.8 Å². The third-order valence-electron chi connectivity index (χ3n) is 3.71. The molecule has 1 saturated heterocycles. The maximum absolute atomic E-state index is 11.4. The first-order valence-corrected chi connectivity index (χ1v) is 8.02. The van der Waals surface area contributed by atoms with Crippen LogP contribution in [0.25, 0.3) is 10.4 Å². The zero-order chi connectivity index (χ0) is 13.9. The van der Waals surface area contributed by atoms with Crippen molar-refractivity contribution in [1.29, 1.82) is 0 Å². The van der Waals surface area contributed by atoms with Gasteiger partial charge in [0, 0.05) is 14.8 Å². The van der Waals surface area contributed by atoms with E-state index in [1.165, 1.54) is 17.7 Å². The highest BCUT2D eigenvalue weighted by Gasteiger charge is 2.24. The van der Waals surface area contributed by atoms with Gasteiger partial charge in [-0.2, -0.15) is 0 Å². The third kappa shape index (κ3) is 2.80. The van der Waals surface area contributed by atoms with E-state index in [-0.39, 0.29) is 6.04 Å². The number of carbonyl (C=O) groups is 1. The summed E-state index contributed by atoms with van der Waals surface area (Å²) in [5.74, 6) is 0. The highest BCUT2D eigenvalue weighted by molar-refractivity contribution is 7.15. The second-order valence-corrected chi connectivity index (χ2v) is 6.58. The molecule has 0 saturated carbocycles. The van der Waals surface area contributed by atoms with Crippen LogP contribution in [-0.2, 0) is 4.79 Å². The quantitative estimate of drug-likeness (QED) is 0.780. The predicted octanol–water partition coefficient (Wildman–Crippen LogP) is 4.40. The second kappa shape index (κ2) is 6.08. The molecule has 2 nitrogen and oxygen atoms in total. The fourth-order valence-corrected chi connectivity index (χ4v) is 3.87. The van der Waals surface area contributed by atoms with Crippen LogP contribution in [0, 0.1) is 0 Å². The van der Waals surface area contributed by atoms with Crippen LogP contribution in [0.3, 0.4) is 0 Å². The zero-order valence-corrected chi connectivity index (χ0v) is 12.7. The van der Waals surface area contributed by atoms with Crippen molar-refractivity contribution in [3.63, 3.8) is 0 Å². The van der Waals surface area contributed by atoms with Crippen LogP contribution in [0.1, 0.15) is 23.8 Å². The molecule has 1 atom stereocenters. The van der Waals surface area contributed by atoms with Gasteiger partial charge in [0.25, 0.3) is 0 Å². The minimum Gasteiger partial charge on any atom is -0.301 e. The maximum Gasteiger partial charge on any atom is 0.142 e. The van der Waals surface area contributed by atoms with E-state index in [0.717, 1.165) is 34.8 Å². The summed E-state index contributed by atoms with van der Waals surface area (Å²) < 4.78 is 0. The van der Waals surface area contributed by atoms with Gasteiger partial charge in [0.15, 0.2) is 0 Å². The van der Waals surface area contributed by atoms with Crippen LogP contribution in [-0.4, -0.2) is 24.3 Å². The smallest absolute Gasteiger partial charge is 0.142 e. The molecular formula is C16H16ClNOS. The van der Waals surface area contributed by atoms with Crippen LogP contribution in [0.15, 0.2) is 36.4 Å². The lowest BCUT2D eigenvalue weighted by atomic mass is 10.2. The Labute approximate surface area is 128 Å². The maximum atomic E-state index is 11.4. The van der Waals surface area contributed by atoms with Crippen LogP contribution in [0.4, 0.5) is 0 Å². The molecule has 1 aliphatic rings. The lowest BCUT2D eigenvalue weighted by Gasteiger charge is -2.20. The van der Waals surface area contributed by atoms with Gasteiger partial charge in [-0.25, -0.2) is 0 Å². The summed E-state index contributed by atoms with van der Waals surface area (Å²) in [7, 11) is 0. The molecule has 2 heterocycles. The van der Waals surface area contributed by atoms with Gasteiger partial charge in [0.05, 0.1) is 0 Å². The molecule has 0 spiro atoms. The summed E-state index contributed by atoms with van der Waals surface area (Å²) >= 11 is 7.61. The Kier molecular flexibility index (Phi) is 4.20. The molecule has 1 aromatic heterocycles. The predicted molar refractivity (Wildman–Crippen MR) is 84.4 cm³/mol. The number of benzene rings is 1. The standard InChI is InChI=1S/C16H16ClNOS/c17-13-5-3-12(4-6-13)15-7-8-16(20-15)14(11-19)18-9-1-2-10-18/h3-8,11,14H,1-2,9-10H2/t14-/m0/s1. The molecule has 1 fully saturated rings.